The second kappa shape index (κ2) is 9.08. The first-order valence-corrected chi connectivity index (χ1v) is 13.2. The molecule has 1 aliphatic heterocycles. The van der Waals surface area contributed by atoms with Crippen LogP contribution in [-0.4, -0.2) is 30.6 Å². The molecule has 4 rings (SSSR count). The van der Waals surface area contributed by atoms with Gasteiger partial charge in [0.05, 0.1) is 10.9 Å². The van der Waals surface area contributed by atoms with Gasteiger partial charge in [0.25, 0.3) is 5.91 Å². The molecule has 1 heterocycles. The molecule has 0 spiro atoms. The second-order valence-electron chi connectivity index (χ2n) is 8.12. The fourth-order valence-electron chi connectivity index (χ4n) is 3.92. The average molecular weight is 480 g/mol. The van der Waals surface area contributed by atoms with Gasteiger partial charge in [0.1, 0.15) is 4.91 Å². The van der Waals surface area contributed by atoms with E-state index in [4.69, 9.17) is 0 Å². The number of rotatable bonds is 6. The Morgan fingerprint density at radius 3 is 1.97 bits per heavy atom. The molecule has 1 aliphatic rings. The van der Waals surface area contributed by atoms with E-state index in [9.17, 15) is 18.3 Å². The number of carbonyl (C=O) groups excluding carboxylic acids is 1. The Bertz CT molecular complexity index is 1310. The zero-order valence-corrected chi connectivity index (χ0v) is 20.3. The standard InChI is InChI=1S/C26H25NO4S2/c1-17-4-8-19(9-5-17)16-27-23(20-10-12-21(32-3)13-11-20)25(24(28)26(27)29)33(30,31)22-14-6-18(2)7-15-22/h4-15,23,28H,16H2,1-3H3. The number of hydrogen-bond donors (Lipinski definition) is 1. The summed E-state index contributed by atoms with van der Waals surface area (Å²) in [5.74, 6) is -1.41. The Balaban J connectivity index is 1.84. The van der Waals surface area contributed by atoms with Crippen molar-refractivity contribution in [2.75, 3.05) is 6.26 Å². The van der Waals surface area contributed by atoms with Crippen LogP contribution in [0.4, 0.5) is 0 Å². The van der Waals surface area contributed by atoms with Crippen LogP contribution in [0, 0.1) is 13.8 Å². The van der Waals surface area contributed by atoms with Crippen molar-refractivity contribution >= 4 is 27.5 Å². The topological polar surface area (TPSA) is 74.7 Å². The van der Waals surface area contributed by atoms with Crippen molar-refractivity contribution in [3.05, 3.63) is 106 Å². The van der Waals surface area contributed by atoms with Gasteiger partial charge in [-0.3, -0.25) is 4.79 Å². The molecule has 33 heavy (non-hydrogen) atoms. The smallest absolute Gasteiger partial charge is 0.290 e. The number of carbonyl (C=O) groups is 1. The second-order valence-corrected chi connectivity index (χ2v) is 10.9. The molecule has 0 fully saturated rings. The summed E-state index contributed by atoms with van der Waals surface area (Å²) >= 11 is 1.57. The summed E-state index contributed by atoms with van der Waals surface area (Å²) in [5, 5.41) is 10.8. The Labute approximate surface area is 198 Å². The highest BCUT2D eigenvalue weighted by molar-refractivity contribution is 7.98. The maximum Gasteiger partial charge on any atom is 0.290 e. The molecule has 1 unspecified atom stereocenters. The number of nitrogens with zero attached hydrogens (tertiary/aromatic N) is 1. The largest absolute Gasteiger partial charge is 0.502 e. The number of aliphatic hydroxyl groups excluding tert-OH is 1. The van der Waals surface area contributed by atoms with Gasteiger partial charge in [0.2, 0.25) is 9.84 Å². The van der Waals surface area contributed by atoms with E-state index in [0.717, 1.165) is 21.6 Å². The molecule has 7 heteroatoms. The number of amides is 1. The highest BCUT2D eigenvalue weighted by Crippen LogP contribution is 2.43. The van der Waals surface area contributed by atoms with E-state index in [1.54, 1.807) is 23.9 Å². The quantitative estimate of drug-likeness (QED) is 0.482. The van der Waals surface area contributed by atoms with E-state index in [1.165, 1.54) is 17.0 Å². The van der Waals surface area contributed by atoms with Crippen molar-refractivity contribution in [2.45, 2.75) is 36.2 Å². The summed E-state index contributed by atoms with van der Waals surface area (Å²) < 4.78 is 27.3. The predicted octanol–water partition coefficient (Wildman–Crippen LogP) is 5.35. The normalized spacial score (nSPS) is 16.5. The molecule has 5 nitrogen and oxygen atoms in total. The number of benzene rings is 3. The van der Waals surface area contributed by atoms with Crippen LogP contribution in [-0.2, 0) is 21.2 Å². The summed E-state index contributed by atoms with van der Waals surface area (Å²) in [5.41, 5.74) is 3.48. The van der Waals surface area contributed by atoms with Gasteiger partial charge in [0.15, 0.2) is 5.76 Å². The molecule has 3 aromatic carbocycles. The molecule has 0 aliphatic carbocycles. The lowest BCUT2D eigenvalue weighted by Crippen LogP contribution is -2.30. The Morgan fingerprint density at radius 1 is 0.879 bits per heavy atom. The third-order valence-corrected chi connectivity index (χ3v) is 8.41. The Kier molecular flexibility index (Phi) is 6.36. The minimum absolute atomic E-state index is 0.0466. The summed E-state index contributed by atoms with van der Waals surface area (Å²) in [4.78, 5) is 15.4. The lowest BCUT2D eigenvalue weighted by Gasteiger charge is -2.27. The molecular formula is C26H25NO4S2. The molecule has 170 valence electrons. The van der Waals surface area contributed by atoms with Crippen LogP contribution in [0.15, 0.2) is 93.3 Å². The third-order valence-electron chi connectivity index (χ3n) is 5.78. The van der Waals surface area contributed by atoms with Gasteiger partial charge in [-0.1, -0.05) is 59.7 Å². The van der Waals surface area contributed by atoms with Crippen molar-refractivity contribution in [3.63, 3.8) is 0 Å². The van der Waals surface area contributed by atoms with Crippen LogP contribution >= 0.6 is 11.8 Å². The number of thioether (sulfide) groups is 1. The molecule has 0 saturated heterocycles. The number of hydrogen-bond acceptors (Lipinski definition) is 5. The highest BCUT2D eigenvalue weighted by Gasteiger charge is 2.46. The molecular weight excluding hydrogens is 454 g/mol. The molecule has 3 aromatic rings. The third kappa shape index (κ3) is 4.43. The van der Waals surface area contributed by atoms with Crippen molar-refractivity contribution in [1.29, 1.82) is 0 Å². The Hall–Kier alpha value is -3.03. The maximum atomic E-state index is 13.7. The van der Waals surface area contributed by atoms with Crippen LogP contribution in [0.5, 0.6) is 0 Å². The predicted molar refractivity (Wildman–Crippen MR) is 131 cm³/mol. The van der Waals surface area contributed by atoms with Crippen LogP contribution < -0.4 is 0 Å². The first-order valence-electron chi connectivity index (χ1n) is 10.5. The van der Waals surface area contributed by atoms with Gasteiger partial charge >= 0.3 is 0 Å². The van der Waals surface area contributed by atoms with Gasteiger partial charge in [0, 0.05) is 11.4 Å². The van der Waals surface area contributed by atoms with Crippen molar-refractivity contribution in [3.8, 4) is 0 Å². The Morgan fingerprint density at radius 2 is 1.42 bits per heavy atom. The fourth-order valence-corrected chi connectivity index (χ4v) is 5.97. The zero-order valence-electron chi connectivity index (χ0n) is 18.6. The van der Waals surface area contributed by atoms with Crippen LogP contribution in [0.1, 0.15) is 28.3 Å². The molecule has 0 aromatic heterocycles. The number of aliphatic hydroxyl groups is 1. The summed E-state index contributed by atoms with van der Waals surface area (Å²) in [6, 6.07) is 20.6. The molecule has 0 saturated carbocycles. The van der Waals surface area contributed by atoms with Gasteiger partial charge in [-0.2, -0.15) is 0 Å². The lowest BCUT2D eigenvalue weighted by atomic mass is 10.1. The van der Waals surface area contributed by atoms with E-state index < -0.39 is 27.5 Å². The van der Waals surface area contributed by atoms with E-state index in [-0.39, 0.29) is 16.3 Å². The van der Waals surface area contributed by atoms with Crippen LogP contribution in [0.2, 0.25) is 0 Å². The minimum atomic E-state index is -4.12. The number of aryl methyl sites for hydroxylation is 2. The average Bonchev–Trinajstić information content (AvgIpc) is 3.06. The summed E-state index contributed by atoms with van der Waals surface area (Å²) in [6.07, 6.45) is 1.96. The van der Waals surface area contributed by atoms with E-state index in [0.29, 0.717) is 5.56 Å². The van der Waals surface area contributed by atoms with E-state index in [1.807, 2.05) is 68.6 Å². The van der Waals surface area contributed by atoms with Crippen molar-refractivity contribution in [2.24, 2.45) is 0 Å². The van der Waals surface area contributed by atoms with Gasteiger partial charge in [-0.05, 0) is 55.5 Å². The SMILES string of the molecule is CSc1ccc(C2C(S(=O)(=O)c3ccc(C)cc3)=C(O)C(=O)N2Cc2ccc(C)cc2)cc1. The lowest BCUT2D eigenvalue weighted by molar-refractivity contribution is -0.130. The van der Waals surface area contributed by atoms with Crippen molar-refractivity contribution < 1.29 is 18.3 Å². The minimum Gasteiger partial charge on any atom is -0.502 e. The van der Waals surface area contributed by atoms with Crippen LogP contribution in [0.3, 0.4) is 0 Å². The zero-order chi connectivity index (χ0) is 23.8. The first kappa shape index (κ1) is 23.1. The molecule has 0 bridgehead atoms. The van der Waals surface area contributed by atoms with Gasteiger partial charge in [-0.15, -0.1) is 11.8 Å². The molecule has 1 N–H and O–H groups in total. The molecule has 1 atom stereocenters. The highest BCUT2D eigenvalue weighted by atomic mass is 32.2. The van der Waals surface area contributed by atoms with Gasteiger partial charge < -0.3 is 10.0 Å². The van der Waals surface area contributed by atoms with E-state index in [2.05, 4.69) is 0 Å². The van der Waals surface area contributed by atoms with Crippen LogP contribution in [0.25, 0.3) is 0 Å². The van der Waals surface area contributed by atoms with Crippen molar-refractivity contribution in [1.82, 2.24) is 4.90 Å². The van der Waals surface area contributed by atoms with E-state index >= 15 is 0 Å². The summed E-state index contributed by atoms with van der Waals surface area (Å²) in [6.45, 7) is 4.01. The summed E-state index contributed by atoms with van der Waals surface area (Å²) in [7, 11) is -4.12. The molecule has 1 amide bonds. The monoisotopic (exact) mass is 479 g/mol. The van der Waals surface area contributed by atoms with Gasteiger partial charge in [-0.25, -0.2) is 8.42 Å². The molecule has 0 radical (unpaired) electrons. The fraction of sp³-hybridized carbons (Fsp3) is 0.192. The number of sulfone groups is 1. The first-order chi connectivity index (χ1) is 15.7. The maximum absolute atomic E-state index is 13.7.